The van der Waals surface area contributed by atoms with E-state index >= 15 is 0 Å². The molecule has 0 unspecified atom stereocenters. The lowest BCUT2D eigenvalue weighted by atomic mass is 9.89. The van der Waals surface area contributed by atoms with E-state index < -0.39 is 0 Å². The Labute approximate surface area is 212 Å². The predicted molar refractivity (Wildman–Crippen MR) is 143 cm³/mol. The first kappa shape index (κ1) is 24.3. The standard InChI is InChI=1S/C28H26N2O2S2/c31-30(32)27-15-11-24(12-16-27)8-6-22-3-1-21(2-4-22)5-7-23-9-13-25(14-10-23)26-17-19-29(20-18-26)28(33)34/h1-4,9-16,26,28,31-34H,17-20H2. The summed E-state index contributed by atoms with van der Waals surface area (Å²) in [5.74, 6) is 13.2. The van der Waals surface area contributed by atoms with Gasteiger partial charge in [0.25, 0.3) is 0 Å². The second-order valence-corrected chi connectivity index (χ2v) is 9.58. The highest BCUT2D eigenvalue weighted by Crippen LogP contribution is 2.30. The van der Waals surface area contributed by atoms with Crippen LogP contribution in [0.25, 0.3) is 0 Å². The van der Waals surface area contributed by atoms with Crippen molar-refractivity contribution in [3.63, 3.8) is 0 Å². The fourth-order valence-electron chi connectivity index (χ4n) is 3.91. The van der Waals surface area contributed by atoms with Crippen molar-refractivity contribution >= 4 is 30.9 Å². The fraction of sp³-hybridized carbons (Fsp3) is 0.214. The zero-order chi connectivity index (χ0) is 23.9. The molecule has 0 aliphatic carbocycles. The molecule has 3 aromatic rings. The molecule has 2 N–H and O–H groups in total. The largest absolute Gasteiger partial charge is 0.283 e. The third kappa shape index (κ3) is 6.61. The summed E-state index contributed by atoms with van der Waals surface area (Å²) in [5, 5.41) is 18.1. The Balaban J connectivity index is 1.35. The second kappa shape index (κ2) is 11.5. The SMILES string of the molecule is ON(O)c1ccc(C#Cc2ccc(C#Cc3ccc(C4CCN(C(S)S)CC4)cc3)cc2)cc1. The number of piperidine rings is 1. The first-order valence-electron chi connectivity index (χ1n) is 11.1. The van der Waals surface area contributed by atoms with Gasteiger partial charge in [0.2, 0.25) is 0 Å². The van der Waals surface area contributed by atoms with Crippen molar-refractivity contribution in [2.75, 3.05) is 18.3 Å². The summed E-state index contributed by atoms with van der Waals surface area (Å²) in [6.45, 7) is 2.06. The minimum atomic E-state index is 0.0267. The molecule has 0 spiro atoms. The zero-order valence-electron chi connectivity index (χ0n) is 18.6. The van der Waals surface area contributed by atoms with Crippen LogP contribution in [0.5, 0.6) is 0 Å². The van der Waals surface area contributed by atoms with E-state index in [0.29, 0.717) is 5.92 Å². The van der Waals surface area contributed by atoms with Gasteiger partial charge in [-0.25, -0.2) is 0 Å². The Morgan fingerprint density at radius 1 is 0.676 bits per heavy atom. The molecule has 6 heteroatoms. The molecule has 0 saturated carbocycles. The van der Waals surface area contributed by atoms with Crippen LogP contribution in [-0.4, -0.2) is 33.1 Å². The summed E-state index contributed by atoms with van der Waals surface area (Å²) >= 11 is 8.84. The monoisotopic (exact) mass is 486 g/mol. The number of thiol groups is 2. The summed E-state index contributed by atoms with van der Waals surface area (Å²) < 4.78 is 0.0267. The van der Waals surface area contributed by atoms with Crippen LogP contribution in [0, 0.1) is 23.7 Å². The van der Waals surface area contributed by atoms with Crippen LogP contribution in [-0.2, 0) is 0 Å². The van der Waals surface area contributed by atoms with E-state index in [4.69, 9.17) is 10.4 Å². The average Bonchev–Trinajstić information content (AvgIpc) is 2.87. The molecular formula is C28H26N2O2S2. The van der Waals surface area contributed by atoms with Gasteiger partial charge < -0.3 is 0 Å². The van der Waals surface area contributed by atoms with Crippen LogP contribution in [0.2, 0.25) is 0 Å². The maximum absolute atomic E-state index is 8.99. The normalized spacial score (nSPS) is 14.1. The van der Waals surface area contributed by atoms with E-state index in [1.54, 1.807) is 24.3 Å². The number of likely N-dealkylation sites (tertiary alicyclic amines) is 1. The average molecular weight is 487 g/mol. The molecule has 4 rings (SSSR count). The molecule has 0 radical (unpaired) electrons. The summed E-state index contributed by atoms with van der Waals surface area (Å²) in [6.07, 6.45) is 2.26. The van der Waals surface area contributed by atoms with Crippen molar-refractivity contribution in [1.29, 1.82) is 0 Å². The van der Waals surface area contributed by atoms with E-state index in [2.05, 4.69) is 78.1 Å². The third-order valence-electron chi connectivity index (χ3n) is 5.92. The Kier molecular flexibility index (Phi) is 8.24. The molecule has 1 aliphatic heterocycles. The Bertz CT molecular complexity index is 1210. The fourth-order valence-corrected chi connectivity index (χ4v) is 4.37. The molecule has 3 aromatic carbocycles. The van der Waals surface area contributed by atoms with Crippen LogP contribution >= 0.6 is 25.3 Å². The first-order chi connectivity index (χ1) is 16.5. The minimum Gasteiger partial charge on any atom is -0.283 e. The van der Waals surface area contributed by atoms with Crippen molar-refractivity contribution in [1.82, 2.24) is 4.90 Å². The summed E-state index contributed by atoms with van der Waals surface area (Å²) in [5.41, 5.74) is 5.27. The maximum atomic E-state index is 8.99. The quantitative estimate of drug-likeness (QED) is 0.173. The molecule has 1 fully saturated rings. The lowest BCUT2D eigenvalue weighted by molar-refractivity contribution is 0.0291. The molecule has 1 heterocycles. The van der Waals surface area contributed by atoms with Gasteiger partial charge in [-0.3, -0.25) is 15.3 Å². The topological polar surface area (TPSA) is 46.9 Å². The molecule has 4 nitrogen and oxygen atoms in total. The van der Waals surface area contributed by atoms with Gasteiger partial charge in [0.05, 0.1) is 10.4 Å². The molecular weight excluding hydrogens is 460 g/mol. The van der Waals surface area contributed by atoms with Gasteiger partial charge in [0, 0.05) is 35.3 Å². The van der Waals surface area contributed by atoms with Gasteiger partial charge >= 0.3 is 0 Å². The highest BCUT2D eigenvalue weighted by molar-refractivity contribution is 7.99. The van der Waals surface area contributed by atoms with Crippen molar-refractivity contribution in [2.24, 2.45) is 0 Å². The number of hydrogen-bond donors (Lipinski definition) is 4. The number of nitrogens with zero attached hydrogens (tertiary/aromatic N) is 2. The predicted octanol–water partition coefficient (Wildman–Crippen LogP) is 5.39. The Morgan fingerprint density at radius 2 is 1.06 bits per heavy atom. The molecule has 1 aliphatic rings. The van der Waals surface area contributed by atoms with Crippen molar-refractivity contribution < 1.29 is 10.4 Å². The molecule has 0 amide bonds. The number of benzene rings is 3. The van der Waals surface area contributed by atoms with Crippen molar-refractivity contribution in [3.05, 3.63) is 101 Å². The van der Waals surface area contributed by atoms with Gasteiger partial charge in [-0.05, 0) is 85.0 Å². The third-order valence-corrected chi connectivity index (χ3v) is 6.58. The zero-order valence-corrected chi connectivity index (χ0v) is 20.4. The summed E-state index contributed by atoms with van der Waals surface area (Å²) in [6, 6.07) is 23.1. The first-order valence-corrected chi connectivity index (χ1v) is 12.1. The van der Waals surface area contributed by atoms with Gasteiger partial charge in [-0.15, -0.1) is 30.5 Å². The van der Waals surface area contributed by atoms with E-state index in [1.165, 1.54) is 5.56 Å². The Hall–Kier alpha value is -2.84. The van der Waals surface area contributed by atoms with Crippen LogP contribution in [0.3, 0.4) is 0 Å². The van der Waals surface area contributed by atoms with Crippen LogP contribution < -0.4 is 5.23 Å². The highest BCUT2D eigenvalue weighted by atomic mass is 32.2. The molecule has 34 heavy (non-hydrogen) atoms. The van der Waals surface area contributed by atoms with E-state index in [1.807, 2.05) is 24.3 Å². The molecule has 1 saturated heterocycles. The molecule has 0 bridgehead atoms. The Morgan fingerprint density at radius 3 is 1.44 bits per heavy atom. The minimum absolute atomic E-state index is 0.0267. The molecule has 0 aromatic heterocycles. The van der Waals surface area contributed by atoms with Gasteiger partial charge in [-0.2, -0.15) is 0 Å². The summed E-state index contributed by atoms with van der Waals surface area (Å²) in [4.78, 5) is 2.29. The van der Waals surface area contributed by atoms with Gasteiger partial charge in [0.1, 0.15) is 0 Å². The number of rotatable bonds is 3. The lowest BCUT2D eigenvalue weighted by Crippen LogP contribution is -2.35. The smallest absolute Gasteiger partial charge is 0.0969 e. The second-order valence-electron chi connectivity index (χ2n) is 8.19. The lowest BCUT2D eigenvalue weighted by Gasteiger charge is -2.33. The van der Waals surface area contributed by atoms with E-state index in [9.17, 15) is 0 Å². The van der Waals surface area contributed by atoms with Crippen LogP contribution in [0.4, 0.5) is 5.69 Å². The number of hydrogen-bond acceptors (Lipinski definition) is 6. The van der Waals surface area contributed by atoms with Crippen LogP contribution in [0.15, 0.2) is 72.8 Å². The highest BCUT2D eigenvalue weighted by Gasteiger charge is 2.22. The number of anilines is 1. The summed E-state index contributed by atoms with van der Waals surface area (Å²) in [7, 11) is 0. The van der Waals surface area contributed by atoms with Crippen molar-refractivity contribution in [2.45, 2.75) is 23.5 Å². The maximum Gasteiger partial charge on any atom is 0.0969 e. The van der Waals surface area contributed by atoms with Crippen LogP contribution in [0.1, 0.15) is 46.6 Å². The molecule has 0 atom stereocenters. The van der Waals surface area contributed by atoms with E-state index in [-0.39, 0.29) is 15.6 Å². The van der Waals surface area contributed by atoms with Gasteiger partial charge in [-0.1, -0.05) is 35.8 Å². The molecule has 172 valence electrons. The van der Waals surface area contributed by atoms with Crippen molar-refractivity contribution in [3.8, 4) is 23.7 Å². The van der Waals surface area contributed by atoms with Gasteiger partial charge in [0.15, 0.2) is 0 Å². The van der Waals surface area contributed by atoms with E-state index in [0.717, 1.165) is 48.2 Å².